The quantitative estimate of drug-likeness (QED) is 0.826. The van der Waals surface area contributed by atoms with Crippen LogP contribution in [0.4, 0.5) is 0 Å². The van der Waals surface area contributed by atoms with Gasteiger partial charge in [0.15, 0.2) is 0 Å². The van der Waals surface area contributed by atoms with Gasteiger partial charge >= 0.3 is 5.97 Å². The maximum absolute atomic E-state index is 12.2. The number of carbonyl (C=O) groups excluding carboxylic acids is 1. The van der Waals surface area contributed by atoms with E-state index < -0.39 is 12.0 Å². The predicted molar refractivity (Wildman–Crippen MR) is 89.2 cm³/mol. The average molecular weight is 311 g/mol. The topological polar surface area (TPSA) is 66.4 Å². The molecule has 2 aromatic carbocycles. The standard InChI is InChI=1S/C19H21NO3/c1-14(19(22)23)20-18(21)13-17(16-10-6-3-7-11-16)12-15-8-4-2-5-9-15/h2-11,14,17H,12-13H2,1H3,(H,20,21)(H,22,23)/t14-,17?/m1/s1. The Balaban J connectivity index is 2.11. The smallest absolute Gasteiger partial charge is 0.325 e. The highest BCUT2D eigenvalue weighted by atomic mass is 16.4. The van der Waals surface area contributed by atoms with Gasteiger partial charge in [0.05, 0.1) is 0 Å². The first kappa shape index (κ1) is 16.7. The second kappa shape index (κ2) is 8.13. The van der Waals surface area contributed by atoms with E-state index in [-0.39, 0.29) is 18.2 Å². The Hall–Kier alpha value is -2.62. The first-order valence-corrected chi connectivity index (χ1v) is 7.67. The fraction of sp³-hybridized carbons (Fsp3) is 0.263. The summed E-state index contributed by atoms with van der Waals surface area (Å²) in [4.78, 5) is 23.0. The predicted octanol–water partition coefficient (Wildman–Crippen LogP) is 2.99. The summed E-state index contributed by atoms with van der Waals surface area (Å²) in [6, 6.07) is 18.9. The van der Waals surface area contributed by atoms with E-state index in [1.54, 1.807) is 0 Å². The molecule has 0 saturated heterocycles. The molecule has 0 heterocycles. The Kier molecular flexibility index (Phi) is 5.92. The monoisotopic (exact) mass is 311 g/mol. The molecule has 0 aromatic heterocycles. The number of carboxylic acids is 1. The number of hydrogen-bond donors (Lipinski definition) is 2. The normalized spacial score (nSPS) is 13.1. The number of aliphatic carboxylic acids is 1. The van der Waals surface area contributed by atoms with Crippen LogP contribution in [0.1, 0.15) is 30.4 Å². The van der Waals surface area contributed by atoms with Gasteiger partial charge in [0.1, 0.15) is 6.04 Å². The van der Waals surface area contributed by atoms with Gasteiger partial charge in [-0.05, 0) is 30.4 Å². The molecule has 2 rings (SSSR count). The van der Waals surface area contributed by atoms with Crippen molar-refractivity contribution in [3.05, 3.63) is 71.8 Å². The van der Waals surface area contributed by atoms with Crippen molar-refractivity contribution in [2.75, 3.05) is 0 Å². The van der Waals surface area contributed by atoms with Crippen LogP contribution in [0, 0.1) is 0 Å². The molecule has 1 amide bonds. The molecule has 2 aromatic rings. The zero-order valence-electron chi connectivity index (χ0n) is 13.1. The van der Waals surface area contributed by atoms with E-state index in [2.05, 4.69) is 5.32 Å². The largest absolute Gasteiger partial charge is 0.480 e. The summed E-state index contributed by atoms with van der Waals surface area (Å²) < 4.78 is 0. The molecule has 0 aliphatic heterocycles. The van der Waals surface area contributed by atoms with Gasteiger partial charge in [-0.15, -0.1) is 0 Å². The molecule has 0 spiro atoms. The van der Waals surface area contributed by atoms with Crippen molar-refractivity contribution in [2.45, 2.75) is 31.7 Å². The van der Waals surface area contributed by atoms with Gasteiger partial charge < -0.3 is 10.4 Å². The minimum atomic E-state index is -1.03. The van der Waals surface area contributed by atoms with Crippen molar-refractivity contribution in [3.8, 4) is 0 Å². The van der Waals surface area contributed by atoms with Crippen LogP contribution in [0.5, 0.6) is 0 Å². The van der Waals surface area contributed by atoms with Crippen LogP contribution in [0.15, 0.2) is 60.7 Å². The van der Waals surface area contributed by atoms with Crippen LogP contribution >= 0.6 is 0 Å². The molecule has 2 N–H and O–H groups in total. The molecule has 0 aliphatic carbocycles. The van der Waals surface area contributed by atoms with Gasteiger partial charge in [0.25, 0.3) is 0 Å². The first-order valence-electron chi connectivity index (χ1n) is 7.67. The van der Waals surface area contributed by atoms with Crippen LogP contribution in [-0.4, -0.2) is 23.0 Å². The zero-order chi connectivity index (χ0) is 16.7. The van der Waals surface area contributed by atoms with E-state index in [4.69, 9.17) is 5.11 Å². The summed E-state index contributed by atoms with van der Waals surface area (Å²) in [5.74, 6) is -1.26. The van der Waals surface area contributed by atoms with E-state index in [1.165, 1.54) is 6.92 Å². The lowest BCUT2D eigenvalue weighted by atomic mass is 9.89. The highest BCUT2D eigenvalue weighted by molar-refractivity contribution is 5.83. The molecule has 2 atom stereocenters. The number of benzene rings is 2. The number of amides is 1. The number of nitrogens with one attached hydrogen (secondary N) is 1. The Labute approximate surface area is 136 Å². The van der Waals surface area contributed by atoms with Crippen LogP contribution in [0.25, 0.3) is 0 Å². The number of carbonyl (C=O) groups is 2. The van der Waals surface area contributed by atoms with E-state index in [1.807, 2.05) is 60.7 Å². The van der Waals surface area contributed by atoms with Gasteiger partial charge in [-0.1, -0.05) is 60.7 Å². The van der Waals surface area contributed by atoms with Gasteiger partial charge in [0, 0.05) is 6.42 Å². The van der Waals surface area contributed by atoms with Crippen molar-refractivity contribution < 1.29 is 14.7 Å². The Morgan fingerprint density at radius 2 is 1.57 bits per heavy atom. The van der Waals surface area contributed by atoms with E-state index in [0.29, 0.717) is 0 Å². The number of carboxylic acid groups (broad SMARTS) is 1. The van der Waals surface area contributed by atoms with Gasteiger partial charge in [-0.25, -0.2) is 0 Å². The maximum Gasteiger partial charge on any atom is 0.325 e. The third-order valence-corrected chi connectivity index (χ3v) is 3.78. The van der Waals surface area contributed by atoms with E-state index in [0.717, 1.165) is 17.5 Å². The molecular weight excluding hydrogens is 290 g/mol. The molecule has 0 radical (unpaired) electrons. The third-order valence-electron chi connectivity index (χ3n) is 3.78. The highest BCUT2D eigenvalue weighted by Crippen LogP contribution is 2.24. The van der Waals surface area contributed by atoms with E-state index >= 15 is 0 Å². The number of hydrogen-bond acceptors (Lipinski definition) is 2. The van der Waals surface area contributed by atoms with Crippen LogP contribution < -0.4 is 5.32 Å². The summed E-state index contributed by atoms with van der Waals surface area (Å²) in [5, 5.41) is 11.4. The molecule has 0 fully saturated rings. The molecule has 4 heteroatoms. The van der Waals surface area contributed by atoms with Crippen molar-refractivity contribution in [2.24, 2.45) is 0 Å². The van der Waals surface area contributed by atoms with Crippen LogP contribution in [-0.2, 0) is 16.0 Å². The summed E-state index contributed by atoms with van der Waals surface area (Å²) in [7, 11) is 0. The molecule has 4 nitrogen and oxygen atoms in total. The van der Waals surface area contributed by atoms with Crippen molar-refractivity contribution in [1.29, 1.82) is 0 Å². The Morgan fingerprint density at radius 1 is 1.00 bits per heavy atom. The summed E-state index contributed by atoms with van der Waals surface area (Å²) >= 11 is 0. The van der Waals surface area contributed by atoms with Gasteiger partial charge in [0.2, 0.25) is 5.91 Å². The lowest BCUT2D eigenvalue weighted by molar-refractivity contribution is -0.141. The zero-order valence-corrected chi connectivity index (χ0v) is 13.1. The van der Waals surface area contributed by atoms with Crippen LogP contribution in [0.3, 0.4) is 0 Å². The lowest BCUT2D eigenvalue weighted by Crippen LogP contribution is -2.39. The number of rotatable bonds is 7. The van der Waals surface area contributed by atoms with Gasteiger partial charge in [-0.2, -0.15) is 0 Å². The van der Waals surface area contributed by atoms with Crippen molar-refractivity contribution >= 4 is 11.9 Å². The Morgan fingerprint density at radius 3 is 2.13 bits per heavy atom. The van der Waals surface area contributed by atoms with Gasteiger partial charge in [-0.3, -0.25) is 9.59 Å². The molecule has 1 unspecified atom stereocenters. The summed E-state index contributed by atoms with van der Waals surface area (Å²) in [5.41, 5.74) is 2.23. The first-order chi connectivity index (χ1) is 11.1. The fourth-order valence-electron chi connectivity index (χ4n) is 2.52. The minimum Gasteiger partial charge on any atom is -0.480 e. The summed E-state index contributed by atoms with van der Waals surface area (Å²) in [6.45, 7) is 1.47. The van der Waals surface area contributed by atoms with Crippen molar-refractivity contribution in [3.63, 3.8) is 0 Å². The molecule has 0 saturated carbocycles. The highest BCUT2D eigenvalue weighted by Gasteiger charge is 2.20. The molecule has 0 aliphatic rings. The Bertz CT molecular complexity index is 640. The second-order valence-corrected chi connectivity index (χ2v) is 5.63. The minimum absolute atomic E-state index is 0.0135. The lowest BCUT2D eigenvalue weighted by Gasteiger charge is -2.18. The van der Waals surface area contributed by atoms with Crippen molar-refractivity contribution in [1.82, 2.24) is 5.32 Å². The molecule has 23 heavy (non-hydrogen) atoms. The fourth-order valence-corrected chi connectivity index (χ4v) is 2.52. The van der Waals surface area contributed by atoms with E-state index in [9.17, 15) is 9.59 Å². The maximum atomic E-state index is 12.2. The third kappa shape index (κ3) is 5.25. The summed E-state index contributed by atoms with van der Waals surface area (Å²) in [6.07, 6.45) is 0.996. The molecular formula is C19H21NO3. The van der Waals surface area contributed by atoms with Crippen LogP contribution in [0.2, 0.25) is 0 Å². The molecule has 0 bridgehead atoms. The molecule has 120 valence electrons. The second-order valence-electron chi connectivity index (χ2n) is 5.63. The SMILES string of the molecule is C[C@@H](NC(=O)CC(Cc1ccccc1)c1ccccc1)C(=O)O. The average Bonchev–Trinajstić information content (AvgIpc) is 2.56.